The second-order valence-electron chi connectivity index (χ2n) is 5.61. The first-order valence-corrected chi connectivity index (χ1v) is 7.54. The molecule has 2 N–H and O–H groups in total. The number of aromatic nitrogens is 1. The highest BCUT2D eigenvalue weighted by Crippen LogP contribution is 2.13. The Balaban J connectivity index is 1.54. The molecule has 3 aromatic rings. The molecule has 2 aromatic carbocycles. The van der Waals surface area contributed by atoms with E-state index in [0.29, 0.717) is 30.5 Å². The fourth-order valence-electron chi connectivity index (χ4n) is 2.52. The largest absolute Gasteiger partial charge is 0.417 e. The van der Waals surface area contributed by atoms with Gasteiger partial charge in [0.15, 0.2) is 5.58 Å². The second-order valence-corrected chi connectivity index (χ2v) is 5.61. The molecule has 0 saturated heterocycles. The van der Waals surface area contributed by atoms with E-state index >= 15 is 0 Å². The average Bonchev–Trinajstić information content (AvgIpc) is 2.90. The number of aryl methyl sites for hydroxylation is 2. The lowest BCUT2D eigenvalue weighted by molar-refractivity contribution is -0.121. The Kier molecular flexibility index (Phi) is 4.28. The molecule has 1 heterocycles. The highest BCUT2D eigenvalue weighted by molar-refractivity contribution is 5.77. The first kappa shape index (κ1) is 15.1. The third-order valence-electron chi connectivity index (χ3n) is 3.70. The lowest BCUT2D eigenvalue weighted by Crippen LogP contribution is -2.23. The topological polar surface area (TPSA) is 75.1 Å². The second kappa shape index (κ2) is 6.52. The fraction of sp³-hybridized carbons (Fsp3) is 0.222. The van der Waals surface area contributed by atoms with E-state index in [1.807, 2.05) is 37.3 Å². The Morgan fingerprint density at radius 1 is 1.17 bits per heavy atom. The van der Waals surface area contributed by atoms with Crippen LogP contribution in [0.25, 0.3) is 11.1 Å². The Hall–Kier alpha value is -2.82. The van der Waals surface area contributed by atoms with Crippen molar-refractivity contribution in [2.75, 3.05) is 0 Å². The summed E-state index contributed by atoms with van der Waals surface area (Å²) in [6, 6.07) is 13.5. The zero-order chi connectivity index (χ0) is 16.2. The minimum absolute atomic E-state index is 0.00675. The van der Waals surface area contributed by atoms with Crippen LogP contribution >= 0.6 is 0 Å². The monoisotopic (exact) mass is 310 g/mol. The number of carbonyl (C=O) groups excluding carboxylic acids is 1. The lowest BCUT2D eigenvalue weighted by atomic mass is 10.1. The number of fused-ring (bicyclic) bond motifs is 1. The van der Waals surface area contributed by atoms with Crippen LogP contribution in [-0.2, 0) is 17.8 Å². The number of hydrogen-bond acceptors (Lipinski definition) is 3. The van der Waals surface area contributed by atoms with Crippen LogP contribution in [-0.4, -0.2) is 10.9 Å². The molecule has 23 heavy (non-hydrogen) atoms. The molecule has 5 nitrogen and oxygen atoms in total. The Labute approximate surface area is 133 Å². The minimum atomic E-state index is -0.465. The van der Waals surface area contributed by atoms with E-state index in [2.05, 4.69) is 16.4 Å². The summed E-state index contributed by atoms with van der Waals surface area (Å²) in [7, 11) is 0. The molecule has 0 atom stereocenters. The van der Waals surface area contributed by atoms with Crippen LogP contribution in [0, 0.1) is 6.92 Å². The minimum Gasteiger partial charge on any atom is -0.408 e. The van der Waals surface area contributed by atoms with Gasteiger partial charge in [-0.2, -0.15) is 0 Å². The molecule has 0 fully saturated rings. The molecule has 0 unspecified atom stereocenters. The molecule has 0 aliphatic carbocycles. The number of aromatic amines is 1. The quantitative estimate of drug-likeness (QED) is 0.761. The Morgan fingerprint density at radius 2 is 2.04 bits per heavy atom. The number of carbonyl (C=O) groups is 1. The molecule has 1 amide bonds. The van der Waals surface area contributed by atoms with Crippen LogP contribution in [0.15, 0.2) is 51.7 Å². The van der Waals surface area contributed by atoms with Crippen molar-refractivity contribution in [1.29, 1.82) is 0 Å². The summed E-state index contributed by atoms with van der Waals surface area (Å²) in [5.41, 5.74) is 4.45. The molecule has 118 valence electrons. The van der Waals surface area contributed by atoms with Gasteiger partial charge in [-0.15, -0.1) is 0 Å². The number of oxazole rings is 1. The molecular weight excluding hydrogens is 292 g/mol. The van der Waals surface area contributed by atoms with Crippen molar-refractivity contribution in [2.24, 2.45) is 0 Å². The predicted octanol–water partition coefficient (Wildman–Crippen LogP) is 2.68. The molecule has 0 spiro atoms. The number of rotatable bonds is 5. The third kappa shape index (κ3) is 3.88. The van der Waals surface area contributed by atoms with Gasteiger partial charge in [-0.05, 0) is 36.6 Å². The van der Waals surface area contributed by atoms with E-state index in [9.17, 15) is 9.59 Å². The summed E-state index contributed by atoms with van der Waals surface area (Å²) in [4.78, 5) is 25.7. The highest BCUT2D eigenvalue weighted by atomic mass is 16.4. The maximum absolute atomic E-state index is 12.0. The molecule has 0 bridgehead atoms. The van der Waals surface area contributed by atoms with E-state index < -0.39 is 5.76 Å². The molecule has 0 saturated carbocycles. The zero-order valence-corrected chi connectivity index (χ0v) is 12.9. The van der Waals surface area contributed by atoms with Crippen molar-refractivity contribution in [3.05, 3.63) is 69.7 Å². The molecule has 0 aliphatic rings. The normalized spacial score (nSPS) is 10.8. The number of benzene rings is 2. The summed E-state index contributed by atoms with van der Waals surface area (Å²) < 4.78 is 4.96. The third-order valence-corrected chi connectivity index (χ3v) is 3.70. The highest BCUT2D eigenvalue weighted by Gasteiger charge is 2.05. The van der Waals surface area contributed by atoms with Crippen LogP contribution in [0.1, 0.15) is 23.1 Å². The van der Waals surface area contributed by atoms with Crippen molar-refractivity contribution in [1.82, 2.24) is 10.3 Å². The van der Waals surface area contributed by atoms with Gasteiger partial charge < -0.3 is 9.73 Å². The van der Waals surface area contributed by atoms with Crippen molar-refractivity contribution < 1.29 is 9.21 Å². The summed E-state index contributed by atoms with van der Waals surface area (Å²) in [6.07, 6.45) is 1.02. The molecule has 3 rings (SSSR count). The first-order valence-electron chi connectivity index (χ1n) is 7.54. The molecule has 5 heteroatoms. The van der Waals surface area contributed by atoms with Crippen LogP contribution < -0.4 is 11.1 Å². The van der Waals surface area contributed by atoms with Gasteiger partial charge >= 0.3 is 5.76 Å². The number of hydrogen-bond donors (Lipinski definition) is 2. The van der Waals surface area contributed by atoms with Crippen LogP contribution in [0.5, 0.6) is 0 Å². The van der Waals surface area contributed by atoms with Crippen LogP contribution in [0.4, 0.5) is 0 Å². The molecule has 0 aliphatic heterocycles. The van der Waals surface area contributed by atoms with E-state index in [4.69, 9.17) is 4.42 Å². The number of nitrogens with one attached hydrogen (secondary N) is 2. The average molecular weight is 310 g/mol. The summed E-state index contributed by atoms with van der Waals surface area (Å²) in [5, 5.41) is 2.92. The first-order chi connectivity index (χ1) is 11.1. The maximum atomic E-state index is 12.0. The Morgan fingerprint density at radius 3 is 2.87 bits per heavy atom. The molecule has 1 aromatic heterocycles. The van der Waals surface area contributed by atoms with Gasteiger partial charge in [0, 0.05) is 13.0 Å². The van der Waals surface area contributed by atoms with Crippen molar-refractivity contribution in [2.45, 2.75) is 26.3 Å². The van der Waals surface area contributed by atoms with Gasteiger partial charge in [0.25, 0.3) is 0 Å². The number of amides is 1. The van der Waals surface area contributed by atoms with Gasteiger partial charge in [0.05, 0.1) is 5.52 Å². The molecular formula is C18H18N2O3. The lowest BCUT2D eigenvalue weighted by Gasteiger charge is -2.06. The Bertz CT molecular complexity index is 892. The van der Waals surface area contributed by atoms with Crippen molar-refractivity contribution in [3.8, 4) is 0 Å². The summed E-state index contributed by atoms with van der Waals surface area (Å²) >= 11 is 0. The van der Waals surface area contributed by atoms with Gasteiger partial charge in [-0.1, -0.05) is 35.9 Å². The van der Waals surface area contributed by atoms with Crippen molar-refractivity contribution in [3.63, 3.8) is 0 Å². The van der Waals surface area contributed by atoms with E-state index in [1.165, 1.54) is 5.56 Å². The summed E-state index contributed by atoms with van der Waals surface area (Å²) in [6.45, 7) is 2.57. The maximum Gasteiger partial charge on any atom is 0.417 e. The van der Waals surface area contributed by atoms with Gasteiger partial charge in [0.2, 0.25) is 5.91 Å². The fourth-order valence-corrected chi connectivity index (χ4v) is 2.52. The van der Waals surface area contributed by atoms with Gasteiger partial charge in [-0.25, -0.2) is 4.79 Å². The SMILES string of the molecule is Cc1cccc(CNC(=O)CCc2ccc3oc(=O)[nH]c3c2)c1. The number of H-pyrrole nitrogens is 1. The zero-order valence-electron chi connectivity index (χ0n) is 12.9. The summed E-state index contributed by atoms with van der Waals surface area (Å²) in [5.74, 6) is -0.458. The van der Waals surface area contributed by atoms with Gasteiger partial charge in [-0.3, -0.25) is 9.78 Å². The molecule has 0 radical (unpaired) electrons. The predicted molar refractivity (Wildman–Crippen MR) is 88.2 cm³/mol. The van der Waals surface area contributed by atoms with E-state index in [-0.39, 0.29) is 5.91 Å². The smallest absolute Gasteiger partial charge is 0.408 e. The van der Waals surface area contributed by atoms with E-state index in [1.54, 1.807) is 6.07 Å². The van der Waals surface area contributed by atoms with Crippen LogP contribution in [0.2, 0.25) is 0 Å². The van der Waals surface area contributed by atoms with Crippen molar-refractivity contribution >= 4 is 17.0 Å². The van der Waals surface area contributed by atoms with Gasteiger partial charge in [0.1, 0.15) is 0 Å². The van der Waals surface area contributed by atoms with E-state index in [0.717, 1.165) is 11.1 Å². The standard InChI is InChI=1S/C18H18N2O3/c1-12-3-2-4-14(9-12)11-19-17(21)8-6-13-5-7-16-15(10-13)20-18(22)23-16/h2-5,7,9-10H,6,8,11H2,1H3,(H,19,21)(H,20,22). The van der Waals surface area contributed by atoms with Crippen LogP contribution in [0.3, 0.4) is 0 Å².